The van der Waals surface area contributed by atoms with E-state index in [2.05, 4.69) is 25.3 Å². The van der Waals surface area contributed by atoms with Gasteiger partial charge in [0.2, 0.25) is 0 Å². The predicted octanol–water partition coefficient (Wildman–Crippen LogP) is 2.96. The first kappa shape index (κ1) is 8.27. The lowest BCUT2D eigenvalue weighted by molar-refractivity contribution is 0.394. The number of ether oxygens (including phenoxy) is 1. The molecular weight excluding hydrogens is 160 g/mol. The van der Waals surface area contributed by atoms with Crippen LogP contribution in [0, 0.1) is 0 Å². The number of hydrogen-bond acceptors (Lipinski definition) is 1. The maximum absolute atomic E-state index is 5.38. The summed E-state index contributed by atoms with van der Waals surface area (Å²) >= 11 is 0. The van der Waals surface area contributed by atoms with Gasteiger partial charge in [-0.05, 0) is 11.1 Å². The molecule has 2 atom stereocenters. The fourth-order valence-corrected chi connectivity index (χ4v) is 1.39. The molecular formula is C12H12O. The van der Waals surface area contributed by atoms with Crippen LogP contribution in [0.15, 0.2) is 43.5 Å². The van der Waals surface area contributed by atoms with Crippen LogP contribution in [0.1, 0.15) is 17.2 Å². The highest BCUT2D eigenvalue weighted by Crippen LogP contribution is 2.39. The normalized spacial score (nSPS) is 25.2. The highest BCUT2D eigenvalue weighted by atomic mass is 16.6. The molecule has 1 heterocycles. The van der Waals surface area contributed by atoms with E-state index >= 15 is 0 Å². The standard InChI is InChI=1S/C12H12O/c1-3-9-5-7-10(8-6-9)12-11(4-2)13-12/h3-8,11-12H,1-2H2. The average molecular weight is 172 g/mol. The van der Waals surface area contributed by atoms with E-state index < -0.39 is 0 Å². The third-order valence-electron chi connectivity index (χ3n) is 2.26. The van der Waals surface area contributed by atoms with Crippen molar-refractivity contribution in [2.24, 2.45) is 0 Å². The molecule has 0 aliphatic carbocycles. The molecule has 0 aromatic heterocycles. The van der Waals surface area contributed by atoms with Crippen molar-refractivity contribution >= 4 is 6.08 Å². The van der Waals surface area contributed by atoms with Crippen LogP contribution in [0.3, 0.4) is 0 Å². The molecule has 0 amide bonds. The molecule has 0 bridgehead atoms. The van der Waals surface area contributed by atoms with Gasteiger partial charge >= 0.3 is 0 Å². The van der Waals surface area contributed by atoms with E-state index in [0.717, 1.165) is 5.56 Å². The Morgan fingerprint density at radius 2 is 1.85 bits per heavy atom. The van der Waals surface area contributed by atoms with E-state index in [9.17, 15) is 0 Å². The van der Waals surface area contributed by atoms with Crippen LogP contribution in [0.2, 0.25) is 0 Å². The van der Waals surface area contributed by atoms with Gasteiger partial charge < -0.3 is 4.74 Å². The van der Waals surface area contributed by atoms with Crippen LogP contribution < -0.4 is 0 Å². The second-order valence-electron chi connectivity index (χ2n) is 3.13. The van der Waals surface area contributed by atoms with Gasteiger partial charge in [-0.25, -0.2) is 0 Å². The van der Waals surface area contributed by atoms with Gasteiger partial charge in [-0.2, -0.15) is 0 Å². The largest absolute Gasteiger partial charge is 0.360 e. The molecule has 0 radical (unpaired) electrons. The van der Waals surface area contributed by atoms with Gasteiger partial charge in [-0.1, -0.05) is 43.0 Å². The summed E-state index contributed by atoms with van der Waals surface area (Å²) in [5, 5.41) is 0. The minimum absolute atomic E-state index is 0.217. The zero-order valence-electron chi connectivity index (χ0n) is 7.44. The molecule has 0 N–H and O–H groups in total. The molecule has 2 unspecified atom stereocenters. The van der Waals surface area contributed by atoms with Crippen LogP contribution in [0.4, 0.5) is 0 Å². The zero-order valence-corrected chi connectivity index (χ0v) is 7.44. The molecule has 2 rings (SSSR count). The predicted molar refractivity (Wildman–Crippen MR) is 54.3 cm³/mol. The van der Waals surface area contributed by atoms with Crippen molar-refractivity contribution in [3.8, 4) is 0 Å². The molecule has 1 aliphatic rings. The fraction of sp³-hybridized carbons (Fsp3) is 0.167. The lowest BCUT2D eigenvalue weighted by Crippen LogP contribution is -1.83. The van der Waals surface area contributed by atoms with Gasteiger partial charge in [0.15, 0.2) is 0 Å². The van der Waals surface area contributed by atoms with Gasteiger partial charge in [0.1, 0.15) is 12.2 Å². The van der Waals surface area contributed by atoms with E-state index in [0.29, 0.717) is 0 Å². The van der Waals surface area contributed by atoms with E-state index in [4.69, 9.17) is 4.74 Å². The van der Waals surface area contributed by atoms with E-state index in [-0.39, 0.29) is 12.2 Å². The SMILES string of the molecule is C=Cc1ccc(C2OC2C=C)cc1. The molecule has 13 heavy (non-hydrogen) atoms. The highest BCUT2D eigenvalue weighted by Gasteiger charge is 2.37. The molecule has 1 aromatic rings. The maximum atomic E-state index is 5.38. The van der Waals surface area contributed by atoms with Crippen LogP contribution in [0.25, 0.3) is 6.08 Å². The molecule has 1 saturated heterocycles. The second kappa shape index (κ2) is 3.19. The van der Waals surface area contributed by atoms with Gasteiger partial charge in [0.05, 0.1) is 0 Å². The summed E-state index contributed by atoms with van der Waals surface area (Å²) in [5.41, 5.74) is 2.36. The van der Waals surface area contributed by atoms with Crippen LogP contribution in [0.5, 0.6) is 0 Å². The summed E-state index contributed by atoms with van der Waals surface area (Å²) in [6.07, 6.45) is 4.13. The fourth-order valence-electron chi connectivity index (χ4n) is 1.39. The summed E-state index contributed by atoms with van der Waals surface area (Å²) in [6, 6.07) is 8.24. The monoisotopic (exact) mass is 172 g/mol. The lowest BCUT2D eigenvalue weighted by atomic mass is 10.1. The Morgan fingerprint density at radius 1 is 1.15 bits per heavy atom. The lowest BCUT2D eigenvalue weighted by Gasteiger charge is -1.96. The third kappa shape index (κ3) is 1.56. The minimum atomic E-state index is 0.217. The smallest absolute Gasteiger partial charge is 0.113 e. The Bertz CT molecular complexity index is 323. The molecule has 1 heteroatoms. The van der Waals surface area contributed by atoms with E-state index in [1.165, 1.54) is 5.56 Å². The molecule has 0 saturated carbocycles. The van der Waals surface area contributed by atoms with Crippen molar-refractivity contribution in [2.45, 2.75) is 12.2 Å². The zero-order chi connectivity index (χ0) is 9.26. The molecule has 1 aliphatic heterocycles. The van der Waals surface area contributed by atoms with Crippen LogP contribution >= 0.6 is 0 Å². The first-order valence-electron chi connectivity index (χ1n) is 4.35. The number of hydrogen-bond donors (Lipinski definition) is 0. The third-order valence-corrected chi connectivity index (χ3v) is 2.26. The van der Waals surface area contributed by atoms with Crippen LogP contribution in [-0.4, -0.2) is 6.10 Å². The Kier molecular flexibility index (Phi) is 2.03. The molecule has 66 valence electrons. The summed E-state index contributed by atoms with van der Waals surface area (Å²) < 4.78 is 5.38. The molecule has 1 nitrogen and oxygen atoms in total. The topological polar surface area (TPSA) is 12.5 Å². The van der Waals surface area contributed by atoms with Crippen molar-refractivity contribution in [1.29, 1.82) is 0 Å². The number of rotatable bonds is 3. The Labute approximate surface area is 78.3 Å². The first-order valence-corrected chi connectivity index (χ1v) is 4.35. The van der Waals surface area contributed by atoms with E-state index in [1.54, 1.807) is 0 Å². The van der Waals surface area contributed by atoms with Gasteiger partial charge in [0, 0.05) is 0 Å². The first-order chi connectivity index (χ1) is 6.35. The second-order valence-corrected chi connectivity index (χ2v) is 3.13. The Morgan fingerprint density at radius 3 is 2.31 bits per heavy atom. The summed E-state index contributed by atoms with van der Waals surface area (Å²) in [7, 11) is 0. The minimum Gasteiger partial charge on any atom is -0.360 e. The van der Waals surface area contributed by atoms with Crippen molar-refractivity contribution in [3.05, 3.63) is 54.6 Å². The molecule has 0 spiro atoms. The van der Waals surface area contributed by atoms with E-state index in [1.807, 2.05) is 24.3 Å². The quantitative estimate of drug-likeness (QED) is 0.504. The van der Waals surface area contributed by atoms with Crippen molar-refractivity contribution < 1.29 is 4.74 Å². The Balaban J connectivity index is 2.15. The number of benzene rings is 1. The summed E-state index contributed by atoms with van der Waals surface area (Å²) in [5.74, 6) is 0. The van der Waals surface area contributed by atoms with Gasteiger partial charge in [0.25, 0.3) is 0 Å². The Hall–Kier alpha value is -1.34. The summed E-state index contributed by atoms with van der Waals surface area (Å²) in [6.45, 7) is 7.40. The average Bonchev–Trinajstić information content (AvgIpc) is 2.97. The van der Waals surface area contributed by atoms with Crippen molar-refractivity contribution in [1.82, 2.24) is 0 Å². The van der Waals surface area contributed by atoms with Gasteiger partial charge in [-0.3, -0.25) is 0 Å². The van der Waals surface area contributed by atoms with Crippen molar-refractivity contribution in [2.75, 3.05) is 0 Å². The number of epoxide rings is 1. The van der Waals surface area contributed by atoms with Crippen molar-refractivity contribution in [3.63, 3.8) is 0 Å². The maximum Gasteiger partial charge on any atom is 0.113 e. The molecule has 1 fully saturated rings. The molecule has 1 aromatic carbocycles. The summed E-state index contributed by atoms with van der Waals surface area (Å²) in [4.78, 5) is 0. The highest BCUT2D eigenvalue weighted by molar-refractivity contribution is 5.47. The van der Waals surface area contributed by atoms with Gasteiger partial charge in [-0.15, -0.1) is 6.58 Å². The van der Waals surface area contributed by atoms with Crippen LogP contribution in [-0.2, 0) is 4.74 Å².